The fourth-order valence-electron chi connectivity index (χ4n) is 1.81. The zero-order valence-electron chi connectivity index (χ0n) is 10.6. The number of hydrogen-bond acceptors (Lipinski definition) is 4. The van der Waals surface area contributed by atoms with E-state index < -0.39 is 10.7 Å². The summed E-state index contributed by atoms with van der Waals surface area (Å²) < 4.78 is 0. The van der Waals surface area contributed by atoms with Gasteiger partial charge in [-0.15, -0.1) is 0 Å². The van der Waals surface area contributed by atoms with Crippen molar-refractivity contribution >= 4 is 35.2 Å². The van der Waals surface area contributed by atoms with Gasteiger partial charge in [-0.1, -0.05) is 23.7 Å². The number of nitro groups is 1. The highest BCUT2D eigenvalue weighted by Crippen LogP contribution is 2.27. The van der Waals surface area contributed by atoms with Gasteiger partial charge in [0.25, 0.3) is 5.69 Å². The summed E-state index contributed by atoms with van der Waals surface area (Å²) in [6.45, 7) is 0. The molecule has 106 valence electrons. The van der Waals surface area contributed by atoms with E-state index in [1.165, 1.54) is 18.2 Å². The second kappa shape index (κ2) is 6.15. The fraction of sp³-hybridized carbons (Fsp3) is 0. The summed E-state index contributed by atoms with van der Waals surface area (Å²) in [6, 6.07) is 9.96. The molecule has 0 heterocycles. The van der Waals surface area contributed by atoms with Gasteiger partial charge in [-0.3, -0.25) is 19.7 Å². The largest absolute Gasteiger partial charge is 0.328 e. The first-order chi connectivity index (χ1) is 10.0. The average molecular weight is 305 g/mol. The lowest BCUT2D eigenvalue weighted by Gasteiger charge is -2.08. The Balaban J connectivity index is 2.57. The Labute approximate surface area is 124 Å². The van der Waals surface area contributed by atoms with Crippen molar-refractivity contribution in [3.63, 3.8) is 0 Å². The maximum Gasteiger partial charge on any atom is 0.270 e. The number of anilines is 1. The predicted molar refractivity (Wildman–Crippen MR) is 77.7 cm³/mol. The number of non-ortho nitro benzene ring substituents is 1. The molecule has 0 fully saturated rings. The van der Waals surface area contributed by atoms with Crippen LogP contribution in [0.15, 0.2) is 42.5 Å². The molecule has 0 spiro atoms. The van der Waals surface area contributed by atoms with Gasteiger partial charge in [0.1, 0.15) is 0 Å². The molecule has 0 saturated heterocycles. The van der Waals surface area contributed by atoms with Gasteiger partial charge in [-0.05, 0) is 18.2 Å². The van der Waals surface area contributed by atoms with Crippen molar-refractivity contribution in [3.05, 3.63) is 68.7 Å². The van der Waals surface area contributed by atoms with Crippen LogP contribution in [0.1, 0.15) is 15.9 Å². The second-order valence-electron chi connectivity index (χ2n) is 4.06. The molecule has 0 unspecified atom stereocenters. The lowest BCUT2D eigenvalue weighted by atomic mass is 10.0. The molecule has 0 atom stereocenters. The first kappa shape index (κ1) is 14.7. The first-order valence-corrected chi connectivity index (χ1v) is 6.20. The van der Waals surface area contributed by atoms with E-state index in [4.69, 9.17) is 11.6 Å². The maximum atomic E-state index is 12.5. The number of carbonyl (C=O) groups is 2. The van der Waals surface area contributed by atoms with Crippen LogP contribution in [0.25, 0.3) is 0 Å². The maximum absolute atomic E-state index is 12.5. The molecule has 1 N–H and O–H groups in total. The molecule has 0 aliphatic heterocycles. The number of nitrogens with zero attached hydrogens (tertiary/aromatic N) is 1. The highest BCUT2D eigenvalue weighted by molar-refractivity contribution is 6.35. The van der Waals surface area contributed by atoms with Crippen LogP contribution in [0.2, 0.25) is 5.02 Å². The Morgan fingerprint density at radius 1 is 1.19 bits per heavy atom. The molecule has 2 aromatic rings. The molecule has 0 aromatic heterocycles. The lowest BCUT2D eigenvalue weighted by Crippen LogP contribution is -2.08. The summed E-state index contributed by atoms with van der Waals surface area (Å²) in [5.41, 5.74) is 0.139. The zero-order chi connectivity index (χ0) is 15.4. The monoisotopic (exact) mass is 304 g/mol. The van der Waals surface area contributed by atoms with Gasteiger partial charge in [0.15, 0.2) is 5.78 Å². The van der Waals surface area contributed by atoms with E-state index in [0.717, 1.165) is 6.07 Å². The van der Waals surface area contributed by atoms with Crippen LogP contribution in [-0.4, -0.2) is 17.1 Å². The summed E-state index contributed by atoms with van der Waals surface area (Å²) in [6.07, 6.45) is 0.393. The summed E-state index contributed by atoms with van der Waals surface area (Å²) in [4.78, 5) is 33.3. The number of carbonyl (C=O) groups excluding carboxylic acids is 2. The van der Waals surface area contributed by atoms with Gasteiger partial charge in [-0.25, -0.2) is 0 Å². The molecule has 0 aliphatic rings. The van der Waals surface area contributed by atoms with Crippen molar-refractivity contribution < 1.29 is 14.5 Å². The van der Waals surface area contributed by atoms with E-state index in [0.29, 0.717) is 6.41 Å². The van der Waals surface area contributed by atoms with Crippen LogP contribution in [-0.2, 0) is 4.79 Å². The lowest BCUT2D eigenvalue weighted by molar-refractivity contribution is -0.384. The van der Waals surface area contributed by atoms with E-state index in [-0.39, 0.29) is 27.5 Å². The van der Waals surface area contributed by atoms with Crippen LogP contribution in [0.3, 0.4) is 0 Å². The van der Waals surface area contributed by atoms with Crippen molar-refractivity contribution in [2.45, 2.75) is 0 Å². The second-order valence-corrected chi connectivity index (χ2v) is 4.47. The molecule has 0 bridgehead atoms. The minimum atomic E-state index is -0.617. The molecule has 0 radical (unpaired) electrons. The van der Waals surface area contributed by atoms with E-state index >= 15 is 0 Å². The third-order valence-electron chi connectivity index (χ3n) is 2.79. The minimum absolute atomic E-state index is 0.00407. The summed E-state index contributed by atoms with van der Waals surface area (Å²) >= 11 is 5.96. The third-order valence-corrected chi connectivity index (χ3v) is 3.12. The number of nitro benzene ring substituents is 1. The number of ketones is 1. The summed E-state index contributed by atoms with van der Waals surface area (Å²) in [5.74, 6) is -0.506. The molecule has 1 amide bonds. The molecule has 21 heavy (non-hydrogen) atoms. The molecular formula is C14H9ClN2O4. The van der Waals surface area contributed by atoms with Crippen LogP contribution in [0, 0.1) is 10.1 Å². The number of hydrogen-bond donors (Lipinski definition) is 1. The number of halogens is 1. The number of benzene rings is 2. The first-order valence-electron chi connectivity index (χ1n) is 5.82. The molecular weight excluding hydrogens is 296 g/mol. The van der Waals surface area contributed by atoms with Crippen LogP contribution < -0.4 is 5.32 Å². The molecule has 7 heteroatoms. The topological polar surface area (TPSA) is 89.3 Å². The predicted octanol–water partition coefficient (Wildman–Crippen LogP) is 3.05. The standard InChI is InChI=1S/C14H9ClN2O4/c15-12-4-2-1-3-10(12)14(19)11-7-9(17(20)21)5-6-13(11)16-8-18/h1-8H,(H,16,18). The quantitative estimate of drug-likeness (QED) is 0.398. The minimum Gasteiger partial charge on any atom is -0.328 e. The van der Waals surface area contributed by atoms with Crippen molar-refractivity contribution in [2.75, 3.05) is 5.32 Å². The average Bonchev–Trinajstić information content (AvgIpc) is 2.47. The van der Waals surface area contributed by atoms with Gasteiger partial charge < -0.3 is 5.32 Å². The molecule has 2 rings (SSSR count). The Kier molecular flexibility index (Phi) is 4.30. The Bertz CT molecular complexity index is 731. The normalized spacial score (nSPS) is 9.95. The molecule has 2 aromatic carbocycles. The van der Waals surface area contributed by atoms with E-state index in [9.17, 15) is 19.7 Å². The van der Waals surface area contributed by atoms with Gasteiger partial charge in [0.05, 0.1) is 21.2 Å². The van der Waals surface area contributed by atoms with Gasteiger partial charge >= 0.3 is 0 Å². The fourth-order valence-corrected chi connectivity index (χ4v) is 2.04. The van der Waals surface area contributed by atoms with Crippen LogP contribution in [0.4, 0.5) is 11.4 Å². The molecule has 6 nitrogen and oxygen atoms in total. The number of amides is 1. The van der Waals surface area contributed by atoms with Crippen molar-refractivity contribution in [3.8, 4) is 0 Å². The third kappa shape index (κ3) is 3.06. The SMILES string of the molecule is O=CNc1ccc([N+](=O)[O-])cc1C(=O)c1ccccc1Cl. The summed E-state index contributed by atoms with van der Waals surface area (Å²) in [7, 11) is 0. The number of rotatable bonds is 5. The van der Waals surface area contributed by atoms with Crippen molar-refractivity contribution in [2.24, 2.45) is 0 Å². The van der Waals surface area contributed by atoms with Crippen molar-refractivity contribution in [1.29, 1.82) is 0 Å². The van der Waals surface area contributed by atoms with Crippen LogP contribution >= 0.6 is 11.6 Å². The number of nitrogens with one attached hydrogen (secondary N) is 1. The highest BCUT2D eigenvalue weighted by atomic mass is 35.5. The van der Waals surface area contributed by atoms with E-state index in [1.807, 2.05) is 0 Å². The Morgan fingerprint density at radius 2 is 1.90 bits per heavy atom. The van der Waals surface area contributed by atoms with Gasteiger partial charge in [-0.2, -0.15) is 0 Å². The van der Waals surface area contributed by atoms with Gasteiger partial charge in [0, 0.05) is 17.7 Å². The highest BCUT2D eigenvalue weighted by Gasteiger charge is 2.19. The van der Waals surface area contributed by atoms with Crippen molar-refractivity contribution in [1.82, 2.24) is 0 Å². The van der Waals surface area contributed by atoms with E-state index in [2.05, 4.69) is 5.32 Å². The van der Waals surface area contributed by atoms with Crippen LogP contribution in [0.5, 0.6) is 0 Å². The summed E-state index contributed by atoms with van der Waals surface area (Å²) in [5, 5.41) is 13.4. The van der Waals surface area contributed by atoms with Gasteiger partial charge in [0.2, 0.25) is 6.41 Å². The zero-order valence-corrected chi connectivity index (χ0v) is 11.3. The Morgan fingerprint density at radius 3 is 2.52 bits per heavy atom. The van der Waals surface area contributed by atoms with E-state index in [1.54, 1.807) is 18.2 Å². The molecule has 0 saturated carbocycles. The molecule has 0 aliphatic carbocycles. The smallest absolute Gasteiger partial charge is 0.270 e. The Hall–Kier alpha value is -2.73.